The fourth-order valence-electron chi connectivity index (χ4n) is 14.0. The number of ketones is 4. The molecule has 0 fully saturated rings. The first-order valence-electron chi connectivity index (χ1n) is 35.4. The summed E-state index contributed by atoms with van der Waals surface area (Å²) >= 11 is 0. The van der Waals surface area contributed by atoms with E-state index in [-0.39, 0.29) is 23.1 Å². The molecule has 16 aromatic rings. The minimum atomic E-state index is -0.164. The van der Waals surface area contributed by atoms with Gasteiger partial charge >= 0.3 is 0 Å². The van der Waals surface area contributed by atoms with Crippen molar-refractivity contribution in [2.75, 3.05) is 28.4 Å². The SMILES string of the molecule is COc1ccc2cc3ccc2c1-c1c(OC)ccc2cc(ccc12)C(=O)c1ccc(cc1)Oc1ccc(cc1)Oc1ccc(cc1)Oc1ccc(cc1)C(=O)c1ccc2c(c(OC)ccc2c1)-c1c(OC)ccc2cc(ccc12)C(=O)c1ccc(cc1)Oc1ccc(cc1)Oc1ccc(cc1)Oc1ccc(cc1)C3=O. The zero-order chi connectivity index (χ0) is 74.9. The minimum absolute atomic E-state index is 0.164. The van der Waals surface area contributed by atoms with E-state index < -0.39 is 0 Å². The number of hydrogen-bond acceptors (Lipinski definition) is 14. The van der Waals surface area contributed by atoms with Gasteiger partial charge in [-0.3, -0.25) is 19.2 Å². The number of ether oxygens (including phenoxy) is 10. The van der Waals surface area contributed by atoms with Gasteiger partial charge in [0.1, 0.15) is 92.0 Å². The lowest BCUT2D eigenvalue weighted by Gasteiger charge is -2.18. The van der Waals surface area contributed by atoms with Gasteiger partial charge in [0, 0.05) is 66.8 Å². The van der Waals surface area contributed by atoms with Crippen LogP contribution in [0, 0.1) is 0 Å². The first-order chi connectivity index (χ1) is 53.9. The maximum Gasteiger partial charge on any atom is 0.193 e. The molecule has 0 saturated heterocycles. The van der Waals surface area contributed by atoms with Gasteiger partial charge in [-0.05, 0) is 286 Å². The molecule has 14 heteroatoms. The second-order valence-corrected chi connectivity index (χ2v) is 26.2. The molecule has 0 atom stereocenters. The molecule has 0 N–H and O–H groups in total. The van der Waals surface area contributed by atoms with Gasteiger partial charge in [0.15, 0.2) is 23.1 Å². The Bertz CT molecular complexity index is 5500. The van der Waals surface area contributed by atoms with Crippen LogP contribution in [0.1, 0.15) is 63.7 Å². The van der Waals surface area contributed by atoms with E-state index in [9.17, 15) is 19.2 Å². The Kier molecular flexibility index (Phi) is 18.2. The fraction of sp³-hybridized carbons (Fsp3) is 0.0417. The van der Waals surface area contributed by atoms with E-state index in [1.165, 1.54) is 0 Å². The van der Waals surface area contributed by atoms with E-state index in [1.54, 1.807) is 174 Å². The maximum atomic E-state index is 14.2. The number of methoxy groups -OCH3 is 4. The molecule has 14 nitrogen and oxygen atoms in total. The maximum absolute atomic E-state index is 14.2. The van der Waals surface area contributed by atoms with Crippen molar-refractivity contribution in [2.45, 2.75) is 0 Å². The van der Waals surface area contributed by atoms with Crippen molar-refractivity contribution in [1.82, 2.24) is 0 Å². The monoisotopic (exact) mass is 1440 g/mol. The summed E-state index contributed by atoms with van der Waals surface area (Å²) in [6, 6.07) is 94.8. The highest BCUT2D eigenvalue weighted by Gasteiger charge is 2.25. The van der Waals surface area contributed by atoms with Crippen LogP contribution in [-0.2, 0) is 0 Å². The van der Waals surface area contributed by atoms with Crippen LogP contribution in [0.2, 0.25) is 0 Å². The smallest absolute Gasteiger partial charge is 0.193 e. The molecule has 0 amide bonds. The molecule has 16 aromatic carbocycles. The molecule has 36 aliphatic heterocycles. The van der Waals surface area contributed by atoms with Crippen LogP contribution in [0.15, 0.2) is 315 Å². The molecule has 0 unspecified atom stereocenters. The Morgan fingerprint density at radius 3 is 0.473 bits per heavy atom. The molecule has 532 valence electrons. The first-order valence-corrected chi connectivity index (χ1v) is 35.4. The van der Waals surface area contributed by atoms with E-state index in [0.29, 0.717) is 136 Å². The first kappa shape index (κ1) is 68.4. The Labute approximate surface area is 631 Å². The molecule has 32 bridgehead atoms. The quantitative estimate of drug-likeness (QED) is 0.164. The minimum Gasteiger partial charge on any atom is -0.496 e. The molecule has 0 radical (unpaired) electrons. The van der Waals surface area contributed by atoms with Crippen molar-refractivity contribution in [3.05, 3.63) is 360 Å². The predicted molar refractivity (Wildman–Crippen MR) is 426 cm³/mol. The number of hydrogen-bond donors (Lipinski definition) is 0. The molecule has 0 aromatic heterocycles. The van der Waals surface area contributed by atoms with Gasteiger partial charge < -0.3 is 47.4 Å². The summed E-state index contributed by atoms with van der Waals surface area (Å²) in [6.45, 7) is 0. The van der Waals surface area contributed by atoms with E-state index in [2.05, 4.69) is 0 Å². The van der Waals surface area contributed by atoms with Crippen LogP contribution >= 0.6 is 0 Å². The van der Waals surface area contributed by atoms with Gasteiger partial charge in [-0.25, -0.2) is 0 Å². The molecular formula is C96H64O14. The van der Waals surface area contributed by atoms with Gasteiger partial charge in [-0.2, -0.15) is 0 Å². The standard InChI is InChI=1S/C96H64O14/c1-101-85-49-17-61-53-65-13-45-81(61)89(85)90-82-46-14-66(54-62(82)18-50-86(90)102-2)94(98)58-7-23-70(24-8-58)106-74-31-39-78(40-32-74)110-80-43-35-76(36-44-80)108-72-27-11-60(12-28-72)96(100)68-16-48-84-64(56-68)20-52-88(104-4)92(84)91-83-47-15-67(55-63(83)19-51-87(91)103-3)95(99)59-9-25-71(26-10-59)107-75-33-41-79(42-34-75)109-77-37-29-73(30-38-77)105-69-21-5-57(6-22-69)93(65)97/h5-56H,1-4H3. The third kappa shape index (κ3) is 13.6. The van der Waals surface area contributed by atoms with Crippen molar-refractivity contribution in [3.63, 3.8) is 0 Å². The Balaban J connectivity index is 0.637. The second-order valence-electron chi connectivity index (χ2n) is 26.2. The molecule has 0 spiro atoms. The zero-order valence-corrected chi connectivity index (χ0v) is 59.7. The van der Waals surface area contributed by atoms with Gasteiger partial charge in [-0.15, -0.1) is 0 Å². The van der Waals surface area contributed by atoms with E-state index in [4.69, 9.17) is 47.4 Å². The third-order valence-electron chi connectivity index (χ3n) is 19.5. The van der Waals surface area contributed by atoms with Crippen LogP contribution in [-0.4, -0.2) is 51.6 Å². The number of carbonyl (C=O) groups is 4. The van der Waals surface area contributed by atoms with E-state index in [0.717, 1.165) is 65.3 Å². The second kappa shape index (κ2) is 29.3. The van der Waals surface area contributed by atoms with Crippen LogP contribution in [0.4, 0.5) is 0 Å². The number of rotatable bonds is 4. The van der Waals surface area contributed by atoms with Gasteiger partial charge in [0.25, 0.3) is 0 Å². The number of carbonyl (C=O) groups excluding carboxylic acids is 4. The summed E-state index contributed by atoms with van der Waals surface area (Å²) < 4.78 is 61.3. The molecule has 52 rings (SSSR count). The molecule has 110 heavy (non-hydrogen) atoms. The highest BCUT2D eigenvalue weighted by molar-refractivity contribution is 6.18. The van der Waals surface area contributed by atoms with Crippen LogP contribution in [0.3, 0.4) is 0 Å². The molecular weight excluding hydrogens is 1380 g/mol. The van der Waals surface area contributed by atoms with Gasteiger partial charge in [0.2, 0.25) is 0 Å². The zero-order valence-electron chi connectivity index (χ0n) is 59.7. The predicted octanol–water partition coefficient (Wildman–Crippen LogP) is 23.7. The van der Waals surface area contributed by atoms with E-state index >= 15 is 0 Å². The van der Waals surface area contributed by atoms with Gasteiger partial charge in [0.05, 0.1) is 28.4 Å². The van der Waals surface area contributed by atoms with Crippen molar-refractivity contribution in [1.29, 1.82) is 0 Å². The van der Waals surface area contributed by atoms with Gasteiger partial charge in [-0.1, -0.05) is 72.8 Å². The Morgan fingerprint density at radius 2 is 0.318 bits per heavy atom. The molecule has 0 saturated carbocycles. The largest absolute Gasteiger partial charge is 0.496 e. The lowest BCUT2D eigenvalue weighted by atomic mass is 9.90. The van der Waals surface area contributed by atoms with Crippen molar-refractivity contribution >= 4 is 66.2 Å². The van der Waals surface area contributed by atoms with Crippen LogP contribution in [0.25, 0.3) is 65.3 Å². The summed E-state index contributed by atoms with van der Waals surface area (Å²) in [5.74, 6) is 8.58. The third-order valence-corrected chi connectivity index (χ3v) is 19.5. The summed E-state index contributed by atoms with van der Waals surface area (Å²) in [7, 11) is 6.49. The van der Waals surface area contributed by atoms with Crippen molar-refractivity contribution in [2.24, 2.45) is 0 Å². The molecule has 36 heterocycles. The summed E-state index contributed by atoms with van der Waals surface area (Å²) in [5, 5.41) is 6.59. The van der Waals surface area contributed by atoms with Crippen LogP contribution in [0.5, 0.6) is 92.0 Å². The van der Waals surface area contributed by atoms with E-state index in [1.807, 2.05) is 170 Å². The molecule has 36 aliphatic rings. The highest BCUT2D eigenvalue weighted by Crippen LogP contribution is 2.49. The summed E-state index contributed by atoms with van der Waals surface area (Å²) in [5.41, 5.74) is 7.02. The normalized spacial score (nSPS) is 12.3. The Hall–Kier alpha value is -14.8. The summed E-state index contributed by atoms with van der Waals surface area (Å²) in [6.07, 6.45) is 0. The van der Waals surface area contributed by atoms with Crippen LogP contribution < -0.4 is 47.4 Å². The lowest BCUT2D eigenvalue weighted by molar-refractivity contribution is 0.103. The average Bonchev–Trinajstić information content (AvgIpc) is 0.750. The summed E-state index contributed by atoms with van der Waals surface area (Å²) in [4.78, 5) is 56.8. The number of benzene rings is 16. The topological polar surface area (TPSA) is 161 Å². The highest BCUT2D eigenvalue weighted by atomic mass is 16.5. The van der Waals surface area contributed by atoms with Crippen molar-refractivity contribution in [3.8, 4) is 114 Å². The Morgan fingerprint density at radius 1 is 0.173 bits per heavy atom. The fourth-order valence-corrected chi connectivity index (χ4v) is 14.0. The lowest BCUT2D eigenvalue weighted by Crippen LogP contribution is -2.02. The average molecular weight is 1440 g/mol. The molecule has 0 aliphatic carbocycles. The van der Waals surface area contributed by atoms with Crippen molar-refractivity contribution < 1.29 is 66.5 Å².